The first kappa shape index (κ1) is 15.1. The van der Waals surface area contributed by atoms with Gasteiger partial charge in [-0.1, -0.05) is 13.0 Å². The lowest BCUT2D eigenvalue weighted by molar-refractivity contribution is 0.0976. The molecule has 1 N–H and O–H groups in total. The van der Waals surface area contributed by atoms with Crippen LogP contribution in [0.15, 0.2) is 22.6 Å². The van der Waals surface area contributed by atoms with Gasteiger partial charge < -0.3 is 14.5 Å². The lowest BCUT2D eigenvalue weighted by Crippen LogP contribution is -2.31. The first-order chi connectivity index (χ1) is 10.7. The molecule has 1 aliphatic heterocycles. The summed E-state index contributed by atoms with van der Waals surface area (Å²) in [6.07, 6.45) is 1.15. The number of hydrogen-bond acceptors (Lipinski definition) is 5. The van der Waals surface area contributed by atoms with Gasteiger partial charge in [-0.05, 0) is 24.1 Å². The summed E-state index contributed by atoms with van der Waals surface area (Å²) < 4.78 is 37.5. The van der Waals surface area contributed by atoms with Crippen LogP contribution in [0.25, 0.3) is 0 Å². The van der Waals surface area contributed by atoms with Gasteiger partial charge in [-0.2, -0.15) is 0 Å². The normalized spacial score (nSPS) is 21.4. The molecule has 0 saturated carbocycles. The quantitative estimate of drug-likeness (QED) is 0.919. The monoisotopic (exact) mass is 309 g/mol. The third-order valence-corrected chi connectivity index (χ3v) is 3.69. The molecule has 7 heteroatoms. The maximum Gasteiger partial charge on any atom is 0.230 e. The molecule has 1 aromatic heterocycles. The van der Waals surface area contributed by atoms with E-state index in [9.17, 15) is 8.78 Å². The van der Waals surface area contributed by atoms with Crippen LogP contribution in [-0.2, 0) is 17.7 Å². The lowest BCUT2D eigenvalue weighted by Gasteiger charge is -2.19. The summed E-state index contributed by atoms with van der Waals surface area (Å²) in [5.41, 5.74) is 0.619. The van der Waals surface area contributed by atoms with Crippen molar-refractivity contribution in [3.63, 3.8) is 0 Å². The second-order valence-electron chi connectivity index (χ2n) is 5.18. The lowest BCUT2D eigenvalue weighted by atomic mass is 10.0. The second-order valence-corrected chi connectivity index (χ2v) is 5.18. The maximum absolute atomic E-state index is 13.4. The predicted molar refractivity (Wildman–Crippen MR) is 74.0 cm³/mol. The molecule has 5 nitrogen and oxygen atoms in total. The van der Waals surface area contributed by atoms with E-state index in [1.807, 2.05) is 6.92 Å². The molecule has 2 atom stereocenters. The number of rotatable bonds is 5. The summed E-state index contributed by atoms with van der Waals surface area (Å²) in [5, 5.41) is 11.1. The van der Waals surface area contributed by atoms with Gasteiger partial charge in [0.25, 0.3) is 0 Å². The highest BCUT2D eigenvalue weighted by molar-refractivity contribution is 5.22. The zero-order chi connectivity index (χ0) is 15.5. The van der Waals surface area contributed by atoms with E-state index in [1.54, 1.807) is 6.07 Å². The van der Waals surface area contributed by atoms with Gasteiger partial charge in [0, 0.05) is 19.1 Å². The standard InChI is InChI=1S/C15H17F2N3O2/c1-2-13-19-20-14(22-13)8-18-12-5-6-21-15(12)9-3-4-10(16)11(17)7-9/h3-4,7,12,15,18H,2,5-6,8H2,1H3. The molecule has 2 heterocycles. The van der Waals surface area contributed by atoms with Crippen molar-refractivity contribution in [2.75, 3.05) is 6.61 Å². The summed E-state index contributed by atoms with van der Waals surface area (Å²) >= 11 is 0. The van der Waals surface area contributed by atoms with Crippen molar-refractivity contribution in [3.05, 3.63) is 47.2 Å². The highest BCUT2D eigenvalue weighted by atomic mass is 19.2. The molecule has 3 rings (SSSR count). The van der Waals surface area contributed by atoms with Crippen LogP contribution in [0.1, 0.15) is 36.8 Å². The Kier molecular flexibility index (Phi) is 4.44. The van der Waals surface area contributed by atoms with Gasteiger partial charge in [0.1, 0.15) is 0 Å². The smallest absolute Gasteiger partial charge is 0.230 e. The van der Waals surface area contributed by atoms with E-state index < -0.39 is 11.6 Å². The van der Waals surface area contributed by atoms with Gasteiger partial charge in [-0.15, -0.1) is 10.2 Å². The zero-order valence-electron chi connectivity index (χ0n) is 12.2. The average Bonchev–Trinajstić information content (AvgIpc) is 3.16. The van der Waals surface area contributed by atoms with Gasteiger partial charge in [-0.25, -0.2) is 8.78 Å². The summed E-state index contributed by atoms with van der Waals surface area (Å²) in [6, 6.07) is 3.84. The van der Waals surface area contributed by atoms with Crippen LogP contribution in [0.2, 0.25) is 0 Å². The number of aryl methyl sites for hydroxylation is 1. The number of halogens is 2. The van der Waals surface area contributed by atoms with Crippen molar-refractivity contribution in [1.82, 2.24) is 15.5 Å². The van der Waals surface area contributed by atoms with Gasteiger partial charge in [0.2, 0.25) is 11.8 Å². The number of nitrogens with one attached hydrogen (secondary N) is 1. The summed E-state index contributed by atoms with van der Waals surface area (Å²) in [6.45, 7) is 2.92. The topological polar surface area (TPSA) is 60.2 Å². The Morgan fingerprint density at radius 2 is 2.05 bits per heavy atom. The molecule has 0 spiro atoms. The third kappa shape index (κ3) is 3.15. The number of ether oxygens (including phenoxy) is 1. The Morgan fingerprint density at radius 1 is 1.23 bits per heavy atom. The highest BCUT2D eigenvalue weighted by Crippen LogP contribution is 2.30. The summed E-state index contributed by atoms with van der Waals surface area (Å²) in [4.78, 5) is 0. The molecule has 22 heavy (non-hydrogen) atoms. The largest absolute Gasteiger partial charge is 0.424 e. The molecule has 1 aliphatic rings. The Labute approximate surface area is 126 Å². The minimum Gasteiger partial charge on any atom is -0.424 e. The molecule has 2 unspecified atom stereocenters. The maximum atomic E-state index is 13.4. The fourth-order valence-electron chi connectivity index (χ4n) is 2.54. The van der Waals surface area contributed by atoms with Crippen molar-refractivity contribution < 1.29 is 17.9 Å². The first-order valence-corrected chi connectivity index (χ1v) is 7.28. The van der Waals surface area contributed by atoms with E-state index in [4.69, 9.17) is 9.15 Å². The van der Waals surface area contributed by atoms with Crippen molar-refractivity contribution in [2.45, 2.75) is 38.5 Å². The number of hydrogen-bond donors (Lipinski definition) is 1. The second kappa shape index (κ2) is 6.50. The third-order valence-electron chi connectivity index (χ3n) is 3.69. The van der Waals surface area contributed by atoms with Gasteiger partial charge >= 0.3 is 0 Å². The van der Waals surface area contributed by atoms with Crippen molar-refractivity contribution >= 4 is 0 Å². The van der Waals surface area contributed by atoms with Gasteiger partial charge in [0.15, 0.2) is 11.6 Å². The van der Waals surface area contributed by atoms with E-state index >= 15 is 0 Å². The number of benzene rings is 1. The average molecular weight is 309 g/mol. The van der Waals surface area contributed by atoms with E-state index in [0.717, 1.165) is 12.5 Å². The molecule has 0 amide bonds. The Morgan fingerprint density at radius 3 is 2.77 bits per heavy atom. The van der Waals surface area contributed by atoms with Crippen LogP contribution < -0.4 is 5.32 Å². The minimum absolute atomic E-state index is 0.0122. The molecule has 0 aliphatic carbocycles. The number of nitrogens with zero attached hydrogens (tertiary/aromatic N) is 2. The Balaban J connectivity index is 1.66. The first-order valence-electron chi connectivity index (χ1n) is 7.28. The molecule has 0 radical (unpaired) electrons. The molecule has 0 bridgehead atoms. The van der Waals surface area contributed by atoms with Crippen LogP contribution >= 0.6 is 0 Å². The van der Waals surface area contributed by atoms with E-state index in [0.29, 0.717) is 36.9 Å². The molecule has 1 saturated heterocycles. The van der Waals surface area contributed by atoms with E-state index in [-0.39, 0.29) is 12.1 Å². The number of aromatic nitrogens is 2. The molecule has 1 fully saturated rings. The van der Waals surface area contributed by atoms with Crippen LogP contribution in [0.5, 0.6) is 0 Å². The Bertz CT molecular complexity index is 647. The van der Waals surface area contributed by atoms with Crippen LogP contribution in [0.3, 0.4) is 0 Å². The fourth-order valence-corrected chi connectivity index (χ4v) is 2.54. The predicted octanol–water partition coefficient (Wildman–Crippen LogP) is 2.53. The van der Waals surface area contributed by atoms with E-state index in [1.165, 1.54) is 6.07 Å². The molecule has 1 aromatic carbocycles. The molecule has 118 valence electrons. The molecular formula is C15H17F2N3O2. The SMILES string of the molecule is CCc1nnc(CNC2CCOC2c2ccc(F)c(F)c2)o1. The van der Waals surface area contributed by atoms with Crippen molar-refractivity contribution in [2.24, 2.45) is 0 Å². The van der Waals surface area contributed by atoms with Crippen LogP contribution in [0.4, 0.5) is 8.78 Å². The van der Waals surface area contributed by atoms with Gasteiger partial charge in [-0.3, -0.25) is 0 Å². The zero-order valence-corrected chi connectivity index (χ0v) is 12.2. The van der Waals surface area contributed by atoms with Crippen LogP contribution in [0, 0.1) is 11.6 Å². The Hall–Kier alpha value is -1.86. The summed E-state index contributed by atoms with van der Waals surface area (Å²) in [7, 11) is 0. The van der Waals surface area contributed by atoms with Crippen molar-refractivity contribution in [3.8, 4) is 0 Å². The summed E-state index contributed by atoms with van der Waals surface area (Å²) in [5.74, 6) is -0.620. The fraction of sp³-hybridized carbons (Fsp3) is 0.467. The van der Waals surface area contributed by atoms with Gasteiger partial charge in [0.05, 0.1) is 12.6 Å². The molecule has 2 aromatic rings. The van der Waals surface area contributed by atoms with Crippen LogP contribution in [-0.4, -0.2) is 22.8 Å². The molecular weight excluding hydrogens is 292 g/mol. The minimum atomic E-state index is -0.865. The highest BCUT2D eigenvalue weighted by Gasteiger charge is 2.30. The van der Waals surface area contributed by atoms with Crippen molar-refractivity contribution in [1.29, 1.82) is 0 Å². The van der Waals surface area contributed by atoms with E-state index in [2.05, 4.69) is 15.5 Å².